The van der Waals surface area contributed by atoms with Gasteiger partial charge in [0.05, 0.1) is 12.2 Å². The first kappa shape index (κ1) is 19.0. The average Bonchev–Trinajstić information content (AvgIpc) is 2.44. The predicted molar refractivity (Wildman–Crippen MR) is 92.9 cm³/mol. The minimum Gasteiger partial charge on any atom is -0.373 e. The quantitative estimate of drug-likeness (QED) is 0.447. The van der Waals surface area contributed by atoms with Crippen LogP contribution < -0.4 is 0 Å². The van der Waals surface area contributed by atoms with Gasteiger partial charge in [-0.05, 0) is 26.8 Å². The van der Waals surface area contributed by atoms with Gasteiger partial charge in [-0.15, -0.1) is 0 Å². The Kier molecular flexibility index (Phi) is 11.3. The molecule has 2 heteroatoms. The Morgan fingerprint density at radius 3 is 1.62 bits per heavy atom. The van der Waals surface area contributed by atoms with Crippen LogP contribution in [0.25, 0.3) is 0 Å². The Bertz CT molecular complexity index is 222. The van der Waals surface area contributed by atoms with Crippen LogP contribution in [0.3, 0.4) is 0 Å². The molecule has 0 spiro atoms. The Hall–Kier alpha value is -0.0800. The van der Waals surface area contributed by atoms with Crippen LogP contribution in [0.4, 0.5) is 0 Å². The molecule has 1 aliphatic rings. The van der Waals surface area contributed by atoms with Gasteiger partial charge in [-0.25, -0.2) is 0 Å². The number of ether oxygens (including phenoxy) is 1. The van der Waals surface area contributed by atoms with E-state index in [4.69, 9.17) is 4.74 Å². The summed E-state index contributed by atoms with van der Waals surface area (Å²) < 4.78 is 5.78. The molecule has 0 aliphatic carbocycles. The van der Waals surface area contributed by atoms with Crippen molar-refractivity contribution in [1.82, 2.24) is 4.90 Å². The van der Waals surface area contributed by atoms with Gasteiger partial charge in [0, 0.05) is 13.1 Å². The van der Waals surface area contributed by atoms with E-state index in [9.17, 15) is 0 Å². The van der Waals surface area contributed by atoms with Crippen LogP contribution in [0.15, 0.2) is 0 Å². The number of hydrogen-bond donors (Lipinski definition) is 0. The molecule has 1 heterocycles. The lowest BCUT2D eigenvalue weighted by atomic mass is 10.1. The van der Waals surface area contributed by atoms with Crippen LogP contribution in [0.1, 0.15) is 91.4 Å². The fourth-order valence-electron chi connectivity index (χ4n) is 3.47. The molecule has 1 rings (SSSR count). The van der Waals surface area contributed by atoms with E-state index >= 15 is 0 Å². The summed E-state index contributed by atoms with van der Waals surface area (Å²) >= 11 is 0. The molecule has 0 radical (unpaired) electrons. The maximum absolute atomic E-state index is 5.78. The second-order valence-electron chi connectivity index (χ2n) is 7.05. The molecule has 0 unspecified atom stereocenters. The molecule has 1 aliphatic heterocycles. The van der Waals surface area contributed by atoms with Gasteiger partial charge >= 0.3 is 0 Å². The maximum atomic E-state index is 5.78. The molecular weight excluding hydrogens is 258 g/mol. The average molecular weight is 298 g/mol. The highest BCUT2D eigenvalue weighted by molar-refractivity contribution is 4.72. The summed E-state index contributed by atoms with van der Waals surface area (Å²) in [5, 5.41) is 0. The lowest BCUT2D eigenvalue weighted by Gasteiger charge is -2.35. The molecule has 0 aromatic carbocycles. The molecule has 126 valence electrons. The second kappa shape index (κ2) is 12.5. The van der Waals surface area contributed by atoms with E-state index in [1.54, 1.807) is 0 Å². The van der Waals surface area contributed by atoms with Crippen LogP contribution >= 0.6 is 0 Å². The highest BCUT2D eigenvalue weighted by Gasteiger charge is 2.21. The van der Waals surface area contributed by atoms with E-state index in [1.807, 2.05) is 0 Å². The SMILES string of the molecule is CCCCCCCCCCCCCN1C[C@@H](C)O[C@@H](C)C1. The molecule has 0 amide bonds. The molecule has 0 aromatic heterocycles. The van der Waals surface area contributed by atoms with Crippen LogP contribution in [-0.2, 0) is 4.74 Å². The third kappa shape index (κ3) is 10.3. The van der Waals surface area contributed by atoms with Crippen molar-refractivity contribution in [2.45, 2.75) is 104 Å². The fraction of sp³-hybridized carbons (Fsp3) is 1.00. The number of nitrogens with zero attached hydrogens (tertiary/aromatic N) is 1. The number of unbranched alkanes of at least 4 members (excludes halogenated alkanes) is 10. The molecule has 1 saturated heterocycles. The standard InChI is InChI=1S/C19H39NO/c1-4-5-6-7-8-9-10-11-12-13-14-15-20-16-18(2)21-19(3)17-20/h18-19H,4-17H2,1-3H3/t18-,19+. The van der Waals surface area contributed by atoms with E-state index in [-0.39, 0.29) is 0 Å². The Balaban J connectivity index is 1.82. The summed E-state index contributed by atoms with van der Waals surface area (Å²) in [5.74, 6) is 0. The third-order valence-corrected chi connectivity index (χ3v) is 4.57. The summed E-state index contributed by atoms with van der Waals surface area (Å²) in [6.45, 7) is 10.2. The summed E-state index contributed by atoms with van der Waals surface area (Å²) in [6.07, 6.45) is 16.6. The minimum absolute atomic E-state index is 0.418. The molecule has 0 saturated carbocycles. The lowest BCUT2D eigenvalue weighted by Crippen LogP contribution is -2.45. The van der Waals surface area contributed by atoms with Crippen LogP contribution in [-0.4, -0.2) is 36.7 Å². The molecule has 2 nitrogen and oxygen atoms in total. The molecule has 0 aromatic rings. The first-order valence-electron chi connectivity index (χ1n) is 9.60. The summed E-state index contributed by atoms with van der Waals surface area (Å²) in [5.41, 5.74) is 0. The minimum atomic E-state index is 0.418. The van der Waals surface area contributed by atoms with Crippen molar-refractivity contribution >= 4 is 0 Å². The zero-order valence-electron chi connectivity index (χ0n) is 14.9. The van der Waals surface area contributed by atoms with Crippen molar-refractivity contribution in [3.8, 4) is 0 Å². The van der Waals surface area contributed by atoms with Gasteiger partial charge in [-0.3, -0.25) is 4.90 Å². The van der Waals surface area contributed by atoms with Crippen molar-refractivity contribution in [3.05, 3.63) is 0 Å². The predicted octanol–water partition coefficient (Wildman–Crippen LogP) is 5.41. The van der Waals surface area contributed by atoms with Crippen LogP contribution in [0.2, 0.25) is 0 Å². The topological polar surface area (TPSA) is 12.5 Å². The van der Waals surface area contributed by atoms with Gasteiger partial charge in [0.2, 0.25) is 0 Å². The lowest BCUT2D eigenvalue weighted by molar-refractivity contribution is -0.0681. The van der Waals surface area contributed by atoms with Gasteiger partial charge in [0.15, 0.2) is 0 Å². The highest BCUT2D eigenvalue weighted by Crippen LogP contribution is 2.14. The van der Waals surface area contributed by atoms with Crippen molar-refractivity contribution in [2.75, 3.05) is 19.6 Å². The molecule has 2 atom stereocenters. The molecule has 21 heavy (non-hydrogen) atoms. The fourth-order valence-corrected chi connectivity index (χ4v) is 3.47. The molecular formula is C19H39NO. The smallest absolute Gasteiger partial charge is 0.0678 e. The summed E-state index contributed by atoms with van der Waals surface area (Å²) in [7, 11) is 0. The van der Waals surface area contributed by atoms with Crippen LogP contribution in [0, 0.1) is 0 Å². The first-order valence-corrected chi connectivity index (χ1v) is 9.60. The molecule has 0 bridgehead atoms. The van der Waals surface area contributed by atoms with Crippen molar-refractivity contribution in [3.63, 3.8) is 0 Å². The molecule has 0 N–H and O–H groups in total. The highest BCUT2D eigenvalue weighted by atomic mass is 16.5. The van der Waals surface area contributed by atoms with Gasteiger partial charge in [-0.1, -0.05) is 71.1 Å². The zero-order chi connectivity index (χ0) is 15.3. The van der Waals surface area contributed by atoms with E-state index in [0.29, 0.717) is 12.2 Å². The monoisotopic (exact) mass is 297 g/mol. The Labute approximate surface area is 133 Å². The molecule has 1 fully saturated rings. The largest absolute Gasteiger partial charge is 0.373 e. The third-order valence-electron chi connectivity index (χ3n) is 4.57. The summed E-state index contributed by atoms with van der Waals surface area (Å²) in [4.78, 5) is 2.59. The normalized spacial score (nSPS) is 23.6. The van der Waals surface area contributed by atoms with E-state index in [1.165, 1.54) is 77.2 Å². The Morgan fingerprint density at radius 2 is 1.14 bits per heavy atom. The van der Waals surface area contributed by atoms with Gasteiger partial charge < -0.3 is 4.74 Å². The zero-order valence-corrected chi connectivity index (χ0v) is 14.9. The van der Waals surface area contributed by atoms with Crippen molar-refractivity contribution in [1.29, 1.82) is 0 Å². The van der Waals surface area contributed by atoms with Gasteiger partial charge in [0.25, 0.3) is 0 Å². The van der Waals surface area contributed by atoms with E-state index in [0.717, 1.165) is 13.1 Å². The second-order valence-corrected chi connectivity index (χ2v) is 7.05. The first-order chi connectivity index (χ1) is 10.2. The summed E-state index contributed by atoms with van der Waals surface area (Å²) in [6, 6.07) is 0. The van der Waals surface area contributed by atoms with Crippen molar-refractivity contribution < 1.29 is 4.74 Å². The van der Waals surface area contributed by atoms with Gasteiger partial charge in [-0.2, -0.15) is 0 Å². The number of hydrogen-bond acceptors (Lipinski definition) is 2. The van der Waals surface area contributed by atoms with Crippen LogP contribution in [0.5, 0.6) is 0 Å². The van der Waals surface area contributed by atoms with Crippen molar-refractivity contribution in [2.24, 2.45) is 0 Å². The van der Waals surface area contributed by atoms with E-state index < -0.39 is 0 Å². The van der Waals surface area contributed by atoms with E-state index in [2.05, 4.69) is 25.7 Å². The number of rotatable bonds is 12. The maximum Gasteiger partial charge on any atom is 0.0678 e. The van der Waals surface area contributed by atoms with Gasteiger partial charge in [0.1, 0.15) is 0 Å². The Morgan fingerprint density at radius 1 is 0.714 bits per heavy atom. The number of morpholine rings is 1.